The predicted molar refractivity (Wildman–Crippen MR) is 76.5 cm³/mol. The smallest absolute Gasteiger partial charge is 0.306 e. The molecule has 0 amide bonds. The molecule has 20 heavy (non-hydrogen) atoms. The van der Waals surface area contributed by atoms with Gasteiger partial charge in [-0.3, -0.25) is 4.79 Å². The monoisotopic (exact) mass is 307 g/mol. The normalized spacial score (nSPS) is 20.8. The Kier molecular flexibility index (Phi) is 6.38. The summed E-state index contributed by atoms with van der Waals surface area (Å²) in [7, 11) is 2.84. The number of nitrogens with zero attached hydrogens (tertiary/aromatic N) is 3. The van der Waals surface area contributed by atoms with Gasteiger partial charge in [-0.2, -0.15) is 17.0 Å². The minimum Gasteiger partial charge on any atom is -0.469 e. The molecule has 0 N–H and O–H groups in total. The molecular formula is C12H25N3O4S. The molecule has 7 nitrogen and oxygen atoms in total. The fourth-order valence-corrected chi connectivity index (χ4v) is 3.46. The van der Waals surface area contributed by atoms with Crippen LogP contribution >= 0.6 is 0 Å². The van der Waals surface area contributed by atoms with Gasteiger partial charge in [0.25, 0.3) is 10.2 Å². The van der Waals surface area contributed by atoms with E-state index in [9.17, 15) is 13.2 Å². The maximum absolute atomic E-state index is 12.3. The molecule has 1 atom stereocenters. The Morgan fingerprint density at radius 1 is 1.35 bits per heavy atom. The Hall–Kier alpha value is -0.700. The van der Waals surface area contributed by atoms with Gasteiger partial charge < -0.3 is 9.64 Å². The van der Waals surface area contributed by atoms with Crippen LogP contribution in [0.2, 0.25) is 0 Å². The first-order valence-corrected chi connectivity index (χ1v) is 8.13. The van der Waals surface area contributed by atoms with Crippen molar-refractivity contribution in [3.8, 4) is 0 Å². The second-order valence-electron chi connectivity index (χ2n) is 5.21. The highest BCUT2D eigenvalue weighted by Crippen LogP contribution is 2.17. The van der Waals surface area contributed by atoms with E-state index in [2.05, 4.69) is 9.64 Å². The molecule has 1 heterocycles. The summed E-state index contributed by atoms with van der Waals surface area (Å²) in [6.07, 6.45) is 2.18. The number of esters is 1. The van der Waals surface area contributed by atoms with Gasteiger partial charge in [-0.25, -0.2) is 0 Å². The molecule has 0 bridgehead atoms. The highest BCUT2D eigenvalue weighted by Gasteiger charge is 2.29. The minimum atomic E-state index is -3.52. The van der Waals surface area contributed by atoms with E-state index in [1.54, 1.807) is 7.05 Å². The summed E-state index contributed by atoms with van der Waals surface area (Å²) in [6, 6.07) is 0.267. The van der Waals surface area contributed by atoms with Crippen molar-refractivity contribution in [2.24, 2.45) is 0 Å². The number of rotatable bonds is 7. The molecule has 0 aromatic heterocycles. The third kappa shape index (κ3) is 4.41. The summed E-state index contributed by atoms with van der Waals surface area (Å²) in [5.41, 5.74) is 0. The summed E-state index contributed by atoms with van der Waals surface area (Å²) in [4.78, 5) is 13.3. The lowest BCUT2D eigenvalue weighted by molar-refractivity contribution is -0.140. The number of likely N-dealkylation sites (tertiary alicyclic amines) is 1. The highest BCUT2D eigenvalue weighted by atomic mass is 32.2. The molecule has 1 aliphatic rings. The molecule has 0 aromatic rings. The fourth-order valence-electron chi connectivity index (χ4n) is 2.31. The van der Waals surface area contributed by atoms with Crippen molar-refractivity contribution in [2.75, 3.05) is 47.9 Å². The second-order valence-corrected chi connectivity index (χ2v) is 7.35. The topological polar surface area (TPSA) is 70.2 Å². The average molecular weight is 307 g/mol. The Labute approximate surface area is 121 Å². The van der Waals surface area contributed by atoms with Crippen LogP contribution in [-0.4, -0.2) is 81.8 Å². The van der Waals surface area contributed by atoms with Gasteiger partial charge in [0.1, 0.15) is 0 Å². The fraction of sp³-hybridized carbons (Fsp3) is 0.917. The lowest BCUT2D eigenvalue weighted by Crippen LogP contribution is -2.45. The Balaban J connectivity index is 2.55. The van der Waals surface area contributed by atoms with Crippen molar-refractivity contribution in [3.63, 3.8) is 0 Å². The van der Waals surface area contributed by atoms with E-state index >= 15 is 0 Å². The van der Waals surface area contributed by atoms with Gasteiger partial charge in [-0.1, -0.05) is 0 Å². The summed E-state index contributed by atoms with van der Waals surface area (Å²) in [5, 5.41) is 0. The van der Waals surface area contributed by atoms with Crippen LogP contribution in [0.3, 0.4) is 0 Å². The number of hydrogen-bond donors (Lipinski definition) is 0. The molecule has 1 unspecified atom stereocenters. The third-order valence-electron chi connectivity index (χ3n) is 3.79. The van der Waals surface area contributed by atoms with Crippen LogP contribution in [0, 0.1) is 0 Å². The maximum Gasteiger partial charge on any atom is 0.306 e. The Morgan fingerprint density at radius 2 is 2.00 bits per heavy atom. The van der Waals surface area contributed by atoms with Crippen molar-refractivity contribution in [1.29, 1.82) is 0 Å². The summed E-state index contributed by atoms with van der Waals surface area (Å²) in [6.45, 7) is 1.61. The van der Waals surface area contributed by atoms with Gasteiger partial charge in [-0.15, -0.1) is 0 Å². The predicted octanol–water partition coefficient (Wildman–Crippen LogP) is -0.248. The van der Waals surface area contributed by atoms with Crippen LogP contribution in [0.5, 0.6) is 0 Å². The van der Waals surface area contributed by atoms with Crippen LogP contribution in [0.25, 0.3) is 0 Å². The number of ether oxygens (including phenoxy) is 1. The standard InChI is InChI=1S/C12H25N3O4S/c1-13-8-5-6-11(13)10-15(3)20(17,18)14(2)9-7-12(16)19-4/h11H,5-10H2,1-4H3. The second kappa shape index (κ2) is 7.35. The zero-order chi connectivity index (χ0) is 15.3. The molecule has 1 aliphatic heterocycles. The molecule has 8 heteroatoms. The molecule has 118 valence electrons. The van der Waals surface area contributed by atoms with Crippen LogP contribution in [0.1, 0.15) is 19.3 Å². The van der Waals surface area contributed by atoms with Crippen LogP contribution in [0.4, 0.5) is 0 Å². The number of carbonyl (C=O) groups excluding carboxylic acids is 1. The SMILES string of the molecule is COC(=O)CCN(C)S(=O)(=O)N(C)CC1CCCN1C. The molecule has 0 aromatic carbocycles. The Morgan fingerprint density at radius 3 is 2.50 bits per heavy atom. The molecule has 1 saturated heterocycles. The van der Waals surface area contributed by atoms with Gasteiger partial charge in [0.2, 0.25) is 0 Å². The summed E-state index contributed by atoms with van der Waals surface area (Å²) >= 11 is 0. The molecular weight excluding hydrogens is 282 g/mol. The van der Waals surface area contributed by atoms with Crippen molar-refractivity contribution in [3.05, 3.63) is 0 Å². The molecule has 0 aliphatic carbocycles. The van der Waals surface area contributed by atoms with Crippen molar-refractivity contribution >= 4 is 16.2 Å². The summed E-state index contributed by atoms with van der Waals surface area (Å²) < 4.78 is 31.7. The van der Waals surface area contributed by atoms with Crippen LogP contribution in [-0.2, 0) is 19.7 Å². The molecule has 0 spiro atoms. The van der Waals surface area contributed by atoms with Gasteiger partial charge in [0.05, 0.1) is 13.5 Å². The molecule has 0 radical (unpaired) electrons. The first-order chi connectivity index (χ1) is 9.28. The highest BCUT2D eigenvalue weighted by molar-refractivity contribution is 7.86. The maximum atomic E-state index is 12.3. The van der Waals surface area contributed by atoms with Gasteiger partial charge in [0, 0.05) is 33.2 Å². The minimum absolute atomic E-state index is 0.0589. The van der Waals surface area contributed by atoms with Crippen molar-refractivity contribution in [1.82, 2.24) is 13.5 Å². The lowest BCUT2D eigenvalue weighted by Gasteiger charge is -2.28. The first kappa shape index (κ1) is 17.4. The molecule has 1 fully saturated rings. The van der Waals surface area contributed by atoms with E-state index in [0.717, 1.165) is 19.4 Å². The van der Waals surface area contributed by atoms with Crippen LogP contribution in [0.15, 0.2) is 0 Å². The number of hydrogen-bond acceptors (Lipinski definition) is 5. The van der Waals surface area contributed by atoms with E-state index < -0.39 is 16.2 Å². The third-order valence-corrected chi connectivity index (χ3v) is 5.69. The van der Waals surface area contributed by atoms with E-state index in [1.165, 1.54) is 22.8 Å². The largest absolute Gasteiger partial charge is 0.469 e. The van der Waals surface area contributed by atoms with E-state index in [0.29, 0.717) is 6.54 Å². The van der Waals surface area contributed by atoms with E-state index in [1.807, 2.05) is 7.05 Å². The quantitative estimate of drug-likeness (QED) is 0.607. The lowest BCUT2D eigenvalue weighted by atomic mass is 10.2. The van der Waals surface area contributed by atoms with E-state index in [-0.39, 0.29) is 19.0 Å². The zero-order valence-corrected chi connectivity index (χ0v) is 13.5. The van der Waals surface area contributed by atoms with E-state index in [4.69, 9.17) is 0 Å². The van der Waals surface area contributed by atoms with Gasteiger partial charge in [-0.05, 0) is 26.4 Å². The number of likely N-dealkylation sites (N-methyl/N-ethyl adjacent to an activating group) is 2. The summed E-state index contributed by atoms with van der Waals surface area (Å²) in [5.74, 6) is -0.412. The van der Waals surface area contributed by atoms with Crippen molar-refractivity contribution < 1.29 is 17.9 Å². The Bertz CT molecular complexity index is 426. The zero-order valence-electron chi connectivity index (χ0n) is 12.7. The van der Waals surface area contributed by atoms with Crippen molar-refractivity contribution in [2.45, 2.75) is 25.3 Å². The molecule has 0 saturated carbocycles. The first-order valence-electron chi connectivity index (χ1n) is 6.73. The van der Waals surface area contributed by atoms with Crippen LogP contribution < -0.4 is 0 Å². The number of carbonyl (C=O) groups is 1. The van der Waals surface area contributed by atoms with Gasteiger partial charge >= 0.3 is 5.97 Å². The average Bonchev–Trinajstić information content (AvgIpc) is 2.80. The number of methoxy groups -OCH3 is 1. The molecule has 1 rings (SSSR count). The van der Waals surface area contributed by atoms with Gasteiger partial charge in [0.15, 0.2) is 0 Å².